The molecular weight excluding hydrogens is 262 g/mol. The van der Waals surface area contributed by atoms with Gasteiger partial charge in [-0.2, -0.15) is 5.10 Å². The highest BCUT2D eigenvalue weighted by molar-refractivity contribution is 6.33. The van der Waals surface area contributed by atoms with E-state index >= 15 is 0 Å². The fourth-order valence-electron chi connectivity index (χ4n) is 2.12. The number of fused-ring (bicyclic) bond motifs is 1. The first-order valence-corrected chi connectivity index (χ1v) is 6.95. The summed E-state index contributed by atoms with van der Waals surface area (Å²) in [5, 5.41) is 5.44. The molecule has 19 heavy (non-hydrogen) atoms. The van der Waals surface area contributed by atoms with Crippen LogP contribution in [0.15, 0.2) is 6.20 Å². The summed E-state index contributed by atoms with van der Waals surface area (Å²) in [4.78, 5) is 11.1. The first kappa shape index (κ1) is 14.2. The van der Waals surface area contributed by atoms with E-state index in [2.05, 4.69) is 40.9 Å². The zero-order valence-corrected chi connectivity index (χ0v) is 12.6. The van der Waals surface area contributed by atoms with Crippen molar-refractivity contribution in [3.8, 4) is 0 Å². The summed E-state index contributed by atoms with van der Waals surface area (Å²) in [6, 6.07) is 0.509. The first-order valence-electron chi connectivity index (χ1n) is 6.57. The van der Waals surface area contributed by atoms with E-state index in [0.29, 0.717) is 17.7 Å². The Bertz CT molecular complexity index is 565. The van der Waals surface area contributed by atoms with Gasteiger partial charge >= 0.3 is 0 Å². The fourth-order valence-corrected chi connectivity index (χ4v) is 2.35. The molecule has 0 saturated heterocycles. The maximum atomic E-state index is 6.18. The third-order valence-electron chi connectivity index (χ3n) is 3.44. The Morgan fingerprint density at radius 1 is 1.42 bits per heavy atom. The Labute approximate surface area is 118 Å². The van der Waals surface area contributed by atoms with E-state index < -0.39 is 0 Å². The van der Waals surface area contributed by atoms with Gasteiger partial charge in [0, 0.05) is 13.1 Å². The summed E-state index contributed by atoms with van der Waals surface area (Å²) in [7, 11) is 3.95. The quantitative estimate of drug-likeness (QED) is 0.791. The van der Waals surface area contributed by atoms with Crippen molar-refractivity contribution < 1.29 is 0 Å². The van der Waals surface area contributed by atoms with Gasteiger partial charge in [0.05, 0.1) is 18.1 Å². The minimum Gasteiger partial charge on any atom is -0.296 e. The van der Waals surface area contributed by atoms with Crippen LogP contribution in [0.25, 0.3) is 11.0 Å². The number of hydrogen-bond donors (Lipinski definition) is 0. The Hall–Kier alpha value is -1.20. The number of nitrogens with zero attached hydrogens (tertiary/aromatic N) is 5. The van der Waals surface area contributed by atoms with E-state index in [1.807, 2.05) is 7.05 Å². The van der Waals surface area contributed by atoms with Gasteiger partial charge in [0.25, 0.3) is 0 Å². The lowest BCUT2D eigenvalue weighted by Crippen LogP contribution is -2.29. The van der Waals surface area contributed by atoms with Crippen LogP contribution in [-0.2, 0) is 13.6 Å². The summed E-state index contributed by atoms with van der Waals surface area (Å²) >= 11 is 6.18. The van der Waals surface area contributed by atoms with E-state index in [9.17, 15) is 0 Å². The molecule has 2 heterocycles. The van der Waals surface area contributed by atoms with Gasteiger partial charge in [-0.05, 0) is 20.4 Å². The highest BCUT2D eigenvalue weighted by Crippen LogP contribution is 2.20. The van der Waals surface area contributed by atoms with Crippen LogP contribution in [0.3, 0.4) is 0 Å². The van der Waals surface area contributed by atoms with E-state index in [1.165, 1.54) is 6.42 Å². The second-order valence-corrected chi connectivity index (χ2v) is 5.35. The van der Waals surface area contributed by atoms with Gasteiger partial charge in [0.2, 0.25) is 0 Å². The zero-order chi connectivity index (χ0) is 14.0. The molecule has 0 aliphatic heterocycles. The van der Waals surface area contributed by atoms with Gasteiger partial charge in [0.1, 0.15) is 11.0 Å². The minimum absolute atomic E-state index is 0.477. The SMILES string of the molecule is CCCC(C)N(C)Cc1nc(Cl)c2cnn(C)c2n1. The van der Waals surface area contributed by atoms with Crippen molar-refractivity contribution in [1.29, 1.82) is 0 Å². The van der Waals surface area contributed by atoms with Crippen molar-refractivity contribution >= 4 is 22.6 Å². The van der Waals surface area contributed by atoms with Crippen molar-refractivity contribution in [3.05, 3.63) is 17.2 Å². The lowest BCUT2D eigenvalue weighted by molar-refractivity contribution is 0.231. The molecular formula is C13H20ClN5. The number of rotatable bonds is 5. The predicted molar refractivity (Wildman–Crippen MR) is 77.2 cm³/mol. The Balaban J connectivity index is 2.23. The second kappa shape index (κ2) is 5.84. The summed E-state index contributed by atoms with van der Waals surface area (Å²) in [5.74, 6) is 0.742. The molecule has 0 amide bonds. The topological polar surface area (TPSA) is 46.8 Å². The molecule has 2 aromatic rings. The number of halogens is 1. The first-order chi connectivity index (χ1) is 9.02. The van der Waals surface area contributed by atoms with Crippen molar-refractivity contribution in [2.75, 3.05) is 7.05 Å². The summed E-state index contributed by atoms with van der Waals surface area (Å²) in [6.45, 7) is 5.11. The van der Waals surface area contributed by atoms with E-state index in [4.69, 9.17) is 11.6 Å². The molecule has 0 fully saturated rings. The third kappa shape index (κ3) is 3.04. The molecule has 0 aromatic carbocycles. The standard InChI is InChI=1S/C13H20ClN5/c1-5-6-9(2)18(3)8-11-16-12(14)10-7-15-19(4)13(10)17-11/h7,9H,5-6,8H2,1-4H3. The van der Waals surface area contributed by atoms with Crippen molar-refractivity contribution in [2.45, 2.75) is 39.3 Å². The molecule has 0 radical (unpaired) electrons. The maximum absolute atomic E-state index is 6.18. The van der Waals surface area contributed by atoms with Gasteiger partial charge in [-0.3, -0.25) is 9.58 Å². The molecule has 0 bridgehead atoms. The Kier molecular flexibility index (Phi) is 4.37. The minimum atomic E-state index is 0.477. The van der Waals surface area contributed by atoms with E-state index in [0.717, 1.165) is 23.3 Å². The lowest BCUT2D eigenvalue weighted by Gasteiger charge is -2.23. The maximum Gasteiger partial charge on any atom is 0.162 e. The molecule has 0 N–H and O–H groups in total. The van der Waals surface area contributed by atoms with Crippen molar-refractivity contribution in [2.24, 2.45) is 7.05 Å². The van der Waals surface area contributed by atoms with Gasteiger partial charge in [-0.15, -0.1) is 0 Å². The monoisotopic (exact) mass is 281 g/mol. The zero-order valence-electron chi connectivity index (χ0n) is 11.9. The highest BCUT2D eigenvalue weighted by atomic mass is 35.5. The molecule has 0 aliphatic rings. The van der Waals surface area contributed by atoms with Crippen LogP contribution >= 0.6 is 11.6 Å². The van der Waals surface area contributed by atoms with Crippen molar-refractivity contribution in [1.82, 2.24) is 24.6 Å². The largest absolute Gasteiger partial charge is 0.296 e. The van der Waals surface area contributed by atoms with Gasteiger partial charge in [-0.25, -0.2) is 9.97 Å². The average molecular weight is 282 g/mol. The summed E-state index contributed by atoms with van der Waals surface area (Å²) in [6.07, 6.45) is 4.04. The van der Waals surface area contributed by atoms with Crippen LogP contribution in [0.5, 0.6) is 0 Å². The van der Waals surface area contributed by atoms with Crippen molar-refractivity contribution in [3.63, 3.8) is 0 Å². The summed E-state index contributed by atoms with van der Waals surface area (Å²) < 4.78 is 1.72. The van der Waals surface area contributed by atoms with Crippen LogP contribution in [-0.4, -0.2) is 37.7 Å². The van der Waals surface area contributed by atoms with Crippen LogP contribution in [0.2, 0.25) is 5.15 Å². The molecule has 0 aliphatic carbocycles. The Morgan fingerprint density at radius 3 is 2.84 bits per heavy atom. The second-order valence-electron chi connectivity index (χ2n) is 4.99. The average Bonchev–Trinajstić information content (AvgIpc) is 2.72. The van der Waals surface area contributed by atoms with Gasteiger partial charge < -0.3 is 0 Å². The lowest BCUT2D eigenvalue weighted by atomic mass is 10.2. The van der Waals surface area contributed by atoms with E-state index in [-0.39, 0.29) is 0 Å². The molecule has 0 saturated carbocycles. The highest BCUT2D eigenvalue weighted by Gasteiger charge is 2.14. The molecule has 104 valence electrons. The number of hydrogen-bond acceptors (Lipinski definition) is 4. The normalized spacial score (nSPS) is 13.4. The molecule has 2 aromatic heterocycles. The van der Waals surface area contributed by atoms with Crippen LogP contribution < -0.4 is 0 Å². The summed E-state index contributed by atoms with van der Waals surface area (Å²) in [5.41, 5.74) is 0.784. The Morgan fingerprint density at radius 2 is 2.16 bits per heavy atom. The number of aryl methyl sites for hydroxylation is 1. The number of aromatic nitrogens is 4. The van der Waals surface area contributed by atoms with Crippen LogP contribution in [0, 0.1) is 0 Å². The smallest absolute Gasteiger partial charge is 0.162 e. The predicted octanol–water partition coefficient (Wildman–Crippen LogP) is 2.64. The fraction of sp³-hybridized carbons (Fsp3) is 0.615. The van der Waals surface area contributed by atoms with Gasteiger partial charge in [-0.1, -0.05) is 24.9 Å². The molecule has 2 rings (SSSR count). The van der Waals surface area contributed by atoms with Gasteiger partial charge in [0.15, 0.2) is 5.65 Å². The van der Waals surface area contributed by atoms with Crippen LogP contribution in [0.4, 0.5) is 0 Å². The van der Waals surface area contributed by atoms with Crippen LogP contribution in [0.1, 0.15) is 32.5 Å². The van der Waals surface area contributed by atoms with E-state index in [1.54, 1.807) is 10.9 Å². The molecule has 0 spiro atoms. The molecule has 1 atom stereocenters. The third-order valence-corrected chi connectivity index (χ3v) is 3.73. The molecule has 6 heteroatoms. The molecule has 1 unspecified atom stereocenters. The molecule has 5 nitrogen and oxygen atoms in total.